The standard InChI is InChI=1S/C22H20Cl2N2O2/c1-13-9-16(22(27)28-4)5-8-21(13)26-14(2)10-17(15(26)3)12-25-20-7-6-18(23)11-19(20)24/h5-12H,1-4H3. The normalized spacial score (nSPS) is 11.2. The number of nitrogens with zero attached hydrogens (tertiary/aromatic N) is 2. The Morgan fingerprint density at radius 1 is 1.07 bits per heavy atom. The highest BCUT2D eigenvalue weighted by Crippen LogP contribution is 2.29. The summed E-state index contributed by atoms with van der Waals surface area (Å²) >= 11 is 12.1. The second-order valence-corrected chi connectivity index (χ2v) is 7.35. The SMILES string of the molecule is COC(=O)c1ccc(-n2c(C)cc(C=Nc3ccc(Cl)cc3Cl)c2C)c(C)c1. The molecule has 0 aliphatic rings. The second kappa shape index (κ2) is 8.21. The van der Waals surface area contributed by atoms with Crippen molar-refractivity contribution in [2.45, 2.75) is 20.8 Å². The minimum absolute atomic E-state index is 0.344. The van der Waals surface area contributed by atoms with Crippen LogP contribution >= 0.6 is 23.2 Å². The lowest BCUT2D eigenvalue weighted by Gasteiger charge is -2.13. The summed E-state index contributed by atoms with van der Waals surface area (Å²) in [6.45, 7) is 6.04. The Hall–Kier alpha value is -2.56. The molecule has 0 aliphatic carbocycles. The topological polar surface area (TPSA) is 43.6 Å². The smallest absolute Gasteiger partial charge is 0.337 e. The first-order chi connectivity index (χ1) is 13.3. The van der Waals surface area contributed by atoms with E-state index in [-0.39, 0.29) is 5.97 Å². The lowest BCUT2D eigenvalue weighted by molar-refractivity contribution is 0.0600. The predicted molar refractivity (Wildman–Crippen MR) is 115 cm³/mol. The van der Waals surface area contributed by atoms with Gasteiger partial charge in [0.25, 0.3) is 0 Å². The van der Waals surface area contributed by atoms with Crippen LogP contribution in [0.2, 0.25) is 10.0 Å². The highest BCUT2D eigenvalue weighted by atomic mass is 35.5. The highest BCUT2D eigenvalue weighted by Gasteiger charge is 2.14. The number of halogens is 2. The van der Waals surface area contributed by atoms with Gasteiger partial charge in [0.2, 0.25) is 0 Å². The Labute approximate surface area is 174 Å². The number of aryl methyl sites for hydroxylation is 2. The van der Waals surface area contributed by atoms with Gasteiger partial charge < -0.3 is 9.30 Å². The largest absolute Gasteiger partial charge is 0.465 e. The summed E-state index contributed by atoms with van der Waals surface area (Å²) in [4.78, 5) is 16.3. The van der Waals surface area contributed by atoms with Crippen molar-refractivity contribution >= 4 is 41.1 Å². The number of aromatic nitrogens is 1. The molecule has 0 N–H and O–H groups in total. The zero-order chi connectivity index (χ0) is 20.4. The van der Waals surface area contributed by atoms with Crippen LogP contribution < -0.4 is 0 Å². The third kappa shape index (κ3) is 3.98. The predicted octanol–water partition coefficient (Wildman–Crippen LogP) is 6.25. The summed E-state index contributed by atoms with van der Waals surface area (Å²) in [5.74, 6) is -0.344. The average Bonchev–Trinajstić information content (AvgIpc) is 2.94. The molecule has 144 valence electrons. The van der Waals surface area contributed by atoms with Gasteiger partial charge in [0.1, 0.15) is 0 Å². The van der Waals surface area contributed by atoms with E-state index in [9.17, 15) is 4.79 Å². The molecule has 4 nitrogen and oxygen atoms in total. The van der Waals surface area contributed by atoms with Crippen LogP contribution in [0.3, 0.4) is 0 Å². The fraction of sp³-hybridized carbons (Fsp3) is 0.182. The van der Waals surface area contributed by atoms with Gasteiger partial charge in [-0.1, -0.05) is 23.2 Å². The lowest BCUT2D eigenvalue weighted by atomic mass is 10.1. The Bertz CT molecular complexity index is 1080. The van der Waals surface area contributed by atoms with Crippen LogP contribution in [0.4, 0.5) is 5.69 Å². The Morgan fingerprint density at radius 2 is 1.82 bits per heavy atom. The first kappa shape index (κ1) is 20.2. The minimum Gasteiger partial charge on any atom is -0.465 e. The van der Waals surface area contributed by atoms with Crippen molar-refractivity contribution in [3.63, 3.8) is 0 Å². The van der Waals surface area contributed by atoms with E-state index in [1.54, 1.807) is 30.5 Å². The van der Waals surface area contributed by atoms with Crippen LogP contribution in [0.25, 0.3) is 5.69 Å². The Balaban J connectivity index is 1.98. The molecule has 28 heavy (non-hydrogen) atoms. The molecule has 0 saturated heterocycles. The first-order valence-corrected chi connectivity index (χ1v) is 9.45. The number of hydrogen-bond donors (Lipinski definition) is 0. The molecule has 0 aliphatic heterocycles. The van der Waals surface area contributed by atoms with E-state index in [2.05, 4.69) is 15.6 Å². The van der Waals surface area contributed by atoms with Gasteiger partial charge >= 0.3 is 5.97 Å². The van der Waals surface area contributed by atoms with Crippen LogP contribution in [0.15, 0.2) is 47.5 Å². The molecular formula is C22H20Cl2N2O2. The molecule has 0 amide bonds. The van der Waals surface area contributed by atoms with Gasteiger partial charge in [-0.05, 0) is 68.8 Å². The van der Waals surface area contributed by atoms with Crippen molar-refractivity contribution in [1.29, 1.82) is 0 Å². The average molecular weight is 415 g/mol. The highest BCUT2D eigenvalue weighted by molar-refractivity contribution is 6.36. The van der Waals surface area contributed by atoms with E-state index in [1.807, 2.05) is 32.9 Å². The number of hydrogen-bond acceptors (Lipinski definition) is 3. The number of carbonyl (C=O) groups excluding carboxylic acids is 1. The molecule has 0 fully saturated rings. The van der Waals surface area contributed by atoms with Gasteiger partial charge in [-0.3, -0.25) is 4.99 Å². The van der Waals surface area contributed by atoms with Crippen molar-refractivity contribution in [3.05, 3.63) is 80.6 Å². The quantitative estimate of drug-likeness (QED) is 0.374. The summed E-state index contributed by atoms with van der Waals surface area (Å²) in [6, 6.07) is 12.8. The molecule has 0 saturated carbocycles. The number of aliphatic imine (C=N–C) groups is 1. The van der Waals surface area contributed by atoms with E-state index in [0.717, 1.165) is 28.2 Å². The number of carbonyl (C=O) groups is 1. The zero-order valence-corrected chi connectivity index (χ0v) is 17.6. The van der Waals surface area contributed by atoms with E-state index in [4.69, 9.17) is 27.9 Å². The number of rotatable bonds is 4. The van der Waals surface area contributed by atoms with Gasteiger partial charge in [0.15, 0.2) is 0 Å². The van der Waals surface area contributed by atoms with E-state index in [1.165, 1.54) is 7.11 Å². The Morgan fingerprint density at radius 3 is 2.46 bits per heavy atom. The molecule has 0 atom stereocenters. The van der Waals surface area contributed by atoms with Gasteiger partial charge in [-0.15, -0.1) is 0 Å². The lowest BCUT2D eigenvalue weighted by Crippen LogP contribution is -2.06. The molecule has 1 aromatic heterocycles. The van der Waals surface area contributed by atoms with E-state index in [0.29, 0.717) is 21.3 Å². The monoisotopic (exact) mass is 414 g/mol. The Kier molecular flexibility index (Phi) is 5.92. The maximum absolute atomic E-state index is 11.8. The molecule has 0 spiro atoms. The number of ether oxygens (including phenoxy) is 1. The first-order valence-electron chi connectivity index (χ1n) is 8.69. The molecule has 6 heteroatoms. The summed E-state index contributed by atoms with van der Waals surface area (Å²) in [7, 11) is 1.38. The molecule has 1 heterocycles. The number of methoxy groups -OCH3 is 1. The molecular weight excluding hydrogens is 395 g/mol. The fourth-order valence-electron chi connectivity index (χ4n) is 3.17. The zero-order valence-electron chi connectivity index (χ0n) is 16.1. The van der Waals surface area contributed by atoms with Crippen molar-refractivity contribution in [3.8, 4) is 5.69 Å². The van der Waals surface area contributed by atoms with Gasteiger partial charge in [-0.25, -0.2) is 4.79 Å². The minimum atomic E-state index is -0.344. The van der Waals surface area contributed by atoms with E-state index < -0.39 is 0 Å². The van der Waals surface area contributed by atoms with Crippen molar-refractivity contribution in [2.24, 2.45) is 4.99 Å². The molecule has 3 rings (SSSR count). The second-order valence-electron chi connectivity index (χ2n) is 6.51. The number of benzene rings is 2. The van der Waals surface area contributed by atoms with Gasteiger partial charge in [-0.2, -0.15) is 0 Å². The van der Waals surface area contributed by atoms with Crippen molar-refractivity contribution in [2.75, 3.05) is 7.11 Å². The van der Waals surface area contributed by atoms with Crippen LogP contribution in [0.1, 0.15) is 32.9 Å². The summed E-state index contributed by atoms with van der Waals surface area (Å²) < 4.78 is 6.94. The maximum Gasteiger partial charge on any atom is 0.337 e. The molecule has 0 unspecified atom stereocenters. The maximum atomic E-state index is 11.8. The van der Waals surface area contributed by atoms with E-state index >= 15 is 0 Å². The van der Waals surface area contributed by atoms with Crippen molar-refractivity contribution < 1.29 is 9.53 Å². The van der Waals surface area contributed by atoms with Crippen LogP contribution in [-0.4, -0.2) is 23.9 Å². The fourth-order valence-corrected chi connectivity index (χ4v) is 3.62. The molecule has 0 bridgehead atoms. The van der Waals surface area contributed by atoms with Crippen molar-refractivity contribution in [1.82, 2.24) is 4.57 Å². The third-order valence-corrected chi connectivity index (χ3v) is 5.12. The molecule has 2 aromatic carbocycles. The van der Waals surface area contributed by atoms with Crippen LogP contribution in [0.5, 0.6) is 0 Å². The van der Waals surface area contributed by atoms with Crippen LogP contribution in [0, 0.1) is 20.8 Å². The summed E-state index contributed by atoms with van der Waals surface area (Å²) in [5, 5.41) is 1.08. The van der Waals surface area contributed by atoms with Gasteiger partial charge in [0.05, 0.1) is 23.4 Å². The number of esters is 1. The van der Waals surface area contributed by atoms with Crippen LogP contribution in [-0.2, 0) is 4.74 Å². The third-order valence-electron chi connectivity index (χ3n) is 4.58. The summed E-state index contributed by atoms with van der Waals surface area (Å²) in [5.41, 5.74) is 6.27. The molecule has 0 radical (unpaired) electrons. The summed E-state index contributed by atoms with van der Waals surface area (Å²) in [6.07, 6.45) is 1.80. The molecule has 3 aromatic rings. The van der Waals surface area contributed by atoms with Gasteiger partial charge in [0, 0.05) is 33.9 Å².